The summed E-state index contributed by atoms with van der Waals surface area (Å²) in [6, 6.07) is 73.0. The first kappa shape index (κ1) is 30.3. The van der Waals surface area contributed by atoms with Crippen LogP contribution in [0.1, 0.15) is 22.3 Å². The van der Waals surface area contributed by atoms with Gasteiger partial charge in [0.1, 0.15) is 11.2 Å². The smallest absolute Gasteiger partial charge is 0.143 e. The minimum Gasteiger partial charge on any atom is -0.455 e. The highest BCUT2D eigenvalue weighted by molar-refractivity contribution is 6.18. The topological polar surface area (TPSA) is 18.1 Å². The Balaban J connectivity index is 1.05. The van der Waals surface area contributed by atoms with Crippen LogP contribution in [0.4, 0.5) is 0 Å². The van der Waals surface area contributed by atoms with Gasteiger partial charge in [-0.1, -0.05) is 170 Å². The number of aromatic nitrogens is 1. The van der Waals surface area contributed by atoms with E-state index in [1.807, 2.05) is 0 Å². The van der Waals surface area contributed by atoms with Crippen molar-refractivity contribution in [2.75, 3.05) is 0 Å². The normalized spacial score (nSPS) is 13.2. The van der Waals surface area contributed by atoms with Gasteiger partial charge < -0.3 is 8.98 Å². The quantitative estimate of drug-likeness (QED) is 0.179. The highest BCUT2D eigenvalue weighted by Gasteiger charge is 2.46. The standard InChI is InChI=1S/C53H33NO/c1-3-15-36(16-4-1)53(37-17-5-2-6-18-37)47-24-11-9-20-41(47)45-32-46-44-23-13-22-40(52(44)55-50(46)33-48(45)53)35-26-29-38(30-27-35)54-49-25-12-10-21-42(49)43-31-28-34-14-7-8-19-39(34)51(43)54/h1-33H. The highest BCUT2D eigenvalue weighted by Crippen LogP contribution is 2.57. The molecule has 2 aromatic heterocycles. The van der Waals surface area contributed by atoms with Crippen LogP contribution < -0.4 is 0 Å². The summed E-state index contributed by atoms with van der Waals surface area (Å²) in [6.07, 6.45) is 0. The summed E-state index contributed by atoms with van der Waals surface area (Å²) in [5, 5.41) is 7.29. The van der Waals surface area contributed by atoms with Crippen LogP contribution in [0.2, 0.25) is 0 Å². The summed E-state index contributed by atoms with van der Waals surface area (Å²) in [6.45, 7) is 0. The number of rotatable bonds is 4. The first-order chi connectivity index (χ1) is 27.3. The van der Waals surface area contributed by atoms with Crippen molar-refractivity contribution < 1.29 is 4.42 Å². The molecule has 0 saturated heterocycles. The molecule has 0 unspecified atom stereocenters. The third-order valence-electron chi connectivity index (χ3n) is 12.1. The van der Waals surface area contributed by atoms with E-state index < -0.39 is 5.41 Å². The molecule has 256 valence electrons. The summed E-state index contributed by atoms with van der Waals surface area (Å²) in [4.78, 5) is 0. The van der Waals surface area contributed by atoms with Gasteiger partial charge in [-0.3, -0.25) is 0 Å². The molecule has 0 amide bonds. The van der Waals surface area contributed by atoms with Gasteiger partial charge in [0.2, 0.25) is 0 Å². The first-order valence-corrected chi connectivity index (χ1v) is 19.0. The lowest BCUT2D eigenvalue weighted by molar-refractivity contribution is 0.667. The minimum atomic E-state index is -0.474. The van der Waals surface area contributed by atoms with Crippen LogP contribution in [0.5, 0.6) is 0 Å². The van der Waals surface area contributed by atoms with Crippen molar-refractivity contribution in [2.24, 2.45) is 0 Å². The van der Waals surface area contributed by atoms with Crippen molar-refractivity contribution in [1.29, 1.82) is 0 Å². The van der Waals surface area contributed by atoms with Crippen LogP contribution in [-0.4, -0.2) is 4.57 Å². The number of para-hydroxylation sites is 2. The maximum Gasteiger partial charge on any atom is 0.143 e. The summed E-state index contributed by atoms with van der Waals surface area (Å²) >= 11 is 0. The Hall–Kier alpha value is -7.16. The van der Waals surface area contributed by atoms with Gasteiger partial charge in [0, 0.05) is 38.2 Å². The average Bonchev–Trinajstić information content (AvgIpc) is 3.90. The Morgan fingerprint density at radius 3 is 1.85 bits per heavy atom. The van der Waals surface area contributed by atoms with Crippen molar-refractivity contribution in [2.45, 2.75) is 5.41 Å². The zero-order valence-corrected chi connectivity index (χ0v) is 29.9. The number of fused-ring (bicyclic) bond motifs is 11. The Labute approximate surface area is 318 Å². The van der Waals surface area contributed by atoms with Crippen LogP contribution in [0.3, 0.4) is 0 Å². The molecule has 0 saturated carbocycles. The maximum absolute atomic E-state index is 6.99. The van der Waals surface area contributed by atoms with Crippen LogP contribution in [-0.2, 0) is 5.41 Å². The number of furan rings is 1. The number of hydrogen-bond donors (Lipinski definition) is 0. The first-order valence-electron chi connectivity index (χ1n) is 19.0. The van der Waals surface area contributed by atoms with Crippen molar-refractivity contribution >= 4 is 54.5 Å². The number of nitrogens with zero attached hydrogens (tertiary/aromatic N) is 1. The molecule has 1 aliphatic carbocycles. The van der Waals surface area contributed by atoms with E-state index in [1.165, 1.54) is 66.0 Å². The molecule has 1 aliphatic rings. The van der Waals surface area contributed by atoms with Crippen LogP contribution in [0.15, 0.2) is 205 Å². The summed E-state index contributed by atoms with van der Waals surface area (Å²) < 4.78 is 9.41. The molecule has 55 heavy (non-hydrogen) atoms. The number of hydrogen-bond acceptors (Lipinski definition) is 1. The largest absolute Gasteiger partial charge is 0.455 e. The van der Waals surface area contributed by atoms with E-state index >= 15 is 0 Å². The molecular weight excluding hydrogens is 667 g/mol. The molecule has 0 radical (unpaired) electrons. The molecule has 11 aromatic rings. The van der Waals surface area contributed by atoms with Crippen LogP contribution in [0, 0.1) is 0 Å². The van der Waals surface area contributed by atoms with E-state index in [0.29, 0.717) is 0 Å². The molecule has 0 spiro atoms. The SMILES string of the molecule is c1ccc(C2(c3ccccc3)c3ccccc3-c3cc4c(cc32)oc2c(-c3ccc(-n5c6ccccc6c6ccc7ccccc7c65)cc3)cccc24)cc1. The van der Waals surface area contributed by atoms with Gasteiger partial charge >= 0.3 is 0 Å². The predicted molar refractivity (Wildman–Crippen MR) is 228 cm³/mol. The molecule has 2 nitrogen and oxygen atoms in total. The second-order valence-corrected chi connectivity index (χ2v) is 14.8. The molecule has 9 aromatic carbocycles. The van der Waals surface area contributed by atoms with Gasteiger partial charge in [0.15, 0.2) is 0 Å². The van der Waals surface area contributed by atoms with Crippen molar-refractivity contribution in [1.82, 2.24) is 4.57 Å². The number of benzene rings is 9. The van der Waals surface area contributed by atoms with Crippen LogP contribution >= 0.6 is 0 Å². The van der Waals surface area contributed by atoms with Gasteiger partial charge in [0.05, 0.1) is 16.4 Å². The lowest BCUT2D eigenvalue weighted by Crippen LogP contribution is -2.28. The summed E-state index contributed by atoms with van der Waals surface area (Å²) in [7, 11) is 0. The van der Waals surface area contributed by atoms with Gasteiger partial charge in [-0.2, -0.15) is 0 Å². The Bertz CT molecular complexity index is 3260. The molecule has 0 bridgehead atoms. The molecule has 0 atom stereocenters. The van der Waals surface area contributed by atoms with Gasteiger partial charge in [0.25, 0.3) is 0 Å². The fraction of sp³-hybridized carbons (Fsp3) is 0.0189. The van der Waals surface area contributed by atoms with E-state index in [4.69, 9.17) is 4.42 Å². The van der Waals surface area contributed by atoms with E-state index in [0.717, 1.165) is 38.8 Å². The maximum atomic E-state index is 6.99. The summed E-state index contributed by atoms with van der Waals surface area (Å²) in [5.41, 5.74) is 14.7. The van der Waals surface area contributed by atoms with Crippen molar-refractivity contribution in [3.8, 4) is 27.9 Å². The molecule has 2 heteroatoms. The molecule has 0 N–H and O–H groups in total. The van der Waals surface area contributed by atoms with E-state index in [9.17, 15) is 0 Å². The Morgan fingerprint density at radius 2 is 1.05 bits per heavy atom. The minimum absolute atomic E-state index is 0.474. The van der Waals surface area contributed by atoms with Crippen molar-refractivity contribution in [3.63, 3.8) is 0 Å². The Kier molecular flexibility index (Phi) is 6.29. The molecule has 2 heterocycles. The second-order valence-electron chi connectivity index (χ2n) is 14.8. The predicted octanol–water partition coefficient (Wildman–Crippen LogP) is 13.9. The monoisotopic (exact) mass is 699 g/mol. The molecule has 0 fully saturated rings. The van der Waals surface area contributed by atoms with E-state index in [-0.39, 0.29) is 0 Å². The fourth-order valence-electron chi connectivity index (χ4n) is 9.75. The lowest BCUT2D eigenvalue weighted by atomic mass is 9.67. The van der Waals surface area contributed by atoms with Crippen molar-refractivity contribution in [3.05, 3.63) is 222 Å². The van der Waals surface area contributed by atoms with Crippen LogP contribution in [0.25, 0.3) is 82.5 Å². The van der Waals surface area contributed by atoms with Gasteiger partial charge in [-0.25, -0.2) is 0 Å². The van der Waals surface area contributed by atoms with Gasteiger partial charge in [-0.05, 0) is 74.7 Å². The molecule has 12 rings (SSSR count). The molecule has 0 aliphatic heterocycles. The third kappa shape index (κ3) is 4.14. The van der Waals surface area contributed by atoms with Gasteiger partial charge in [-0.15, -0.1) is 0 Å². The lowest BCUT2D eigenvalue weighted by Gasteiger charge is -2.33. The van der Waals surface area contributed by atoms with E-state index in [1.54, 1.807) is 0 Å². The fourth-order valence-corrected chi connectivity index (χ4v) is 9.75. The van der Waals surface area contributed by atoms with E-state index in [2.05, 4.69) is 205 Å². The second kappa shape index (κ2) is 11.4. The third-order valence-corrected chi connectivity index (χ3v) is 12.1. The molecular formula is C53H33NO. The highest BCUT2D eigenvalue weighted by atomic mass is 16.3. The summed E-state index contributed by atoms with van der Waals surface area (Å²) in [5.74, 6) is 0. The Morgan fingerprint density at radius 1 is 0.400 bits per heavy atom. The zero-order chi connectivity index (χ0) is 36.1. The average molecular weight is 700 g/mol. The zero-order valence-electron chi connectivity index (χ0n) is 29.9.